The van der Waals surface area contributed by atoms with Crippen LogP contribution < -0.4 is 28.3 Å². The number of methoxy groups -OCH3 is 1. The van der Waals surface area contributed by atoms with Gasteiger partial charge >= 0.3 is 5.97 Å². The maximum Gasteiger partial charge on any atom is 0.311 e. The van der Waals surface area contributed by atoms with Gasteiger partial charge in [-0.25, -0.2) is 0 Å². The number of carbonyl (C=O) groups excluding carboxylic acids is 2. The Morgan fingerprint density at radius 1 is 0.805 bits per heavy atom. The van der Waals surface area contributed by atoms with Crippen molar-refractivity contribution in [1.82, 2.24) is 19.6 Å². The van der Waals surface area contributed by atoms with E-state index < -0.39 is 104 Å². The summed E-state index contributed by atoms with van der Waals surface area (Å²) in [4.78, 5) is 32.7. The molecule has 494 valence electrons. The van der Waals surface area contributed by atoms with E-state index in [2.05, 4.69) is 98.5 Å². The first kappa shape index (κ1) is 74.6. The van der Waals surface area contributed by atoms with Gasteiger partial charge in [-0.05, 0) is 151 Å². The van der Waals surface area contributed by atoms with Crippen LogP contribution in [0.4, 0.5) is 0 Å². The van der Waals surface area contributed by atoms with E-state index in [1.54, 1.807) is 46.4 Å². The summed E-state index contributed by atoms with van der Waals surface area (Å²) in [6.07, 6.45) is 5.91. The van der Waals surface area contributed by atoms with Crippen LogP contribution in [0.3, 0.4) is 0 Å². The molecule has 19 heteroatoms. The molecule has 0 radical (unpaired) electrons. The number of aromatic nitrogens is 2. The molecule has 0 saturated carbocycles. The molecule has 5 N–H and O–H groups in total. The number of rotatable bonds is 23. The molecule has 3 aromatic rings. The third kappa shape index (κ3) is 19.0. The van der Waals surface area contributed by atoms with E-state index in [0.29, 0.717) is 12.8 Å². The van der Waals surface area contributed by atoms with Gasteiger partial charge in [-0.1, -0.05) is 95.7 Å². The smallest absolute Gasteiger partial charge is 0.311 e. The lowest BCUT2D eigenvalue weighted by atomic mass is 9.72. The summed E-state index contributed by atoms with van der Waals surface area (Å²) < 4.78 is 39.9. The molecule has 0 aliphatic carbocycles. The molecule has 87 heavy (non-hydrogen) atoms. The number of carbonyl (C=O) groups is 2. The number of nitrogens with zero attached hydrogens (tertiary/aromatic N) is 4. The number of aliphatic hydroxyl groups excluding tert-OH is 4. The summed E-state index contributed by atoms with van der Waals surface area (Å²) in [5.41, 5.74) is -2.73. The number of unbranched alkanes of at least 4 members (excludes halogenated alkanes) is 8. The average Bonchev–Trinajstić information content (AvgIpc) is 1.85. The third-order valence-corrected chi connectivity index (χ3v) is 23.7. The number of aliphatic hydroxyl groups is 5. The van der Waals surface area contributed by atoms with E-state index in [1.807, 2.05) is 39.8 Å². The van der Waals surface area contributed by atoms with Gasteiger partial charge in [0.2, 0.25) is 5.91 Å². The maximum atomic E-state index is 14.6. The number of halogens is 1. The lowest BCUT2D eigenvalue weighted by Crippen LogP contribution is -3.00. The van der Waals surface area contributed by atoms with E-state index in [0.717, 1.165) is 57.5 Å². The Hall–Kier alpha value is -3.13. The Morgan fingerprint density at radius 3 is 1.92 bits per heavy atom. The van der Waals surface area contributed by atoms with Crippen LogP contribution in [-0.4, -0.2) is 182 Å². The number of benzene rings is 2. The van der Waals surface area contributed by atoms with E-state index in [1.165, 1.54) is 23.0 Å². The molecule has 2 aromatic carbocycles. The lowest BCUT2D eigenvalue weighted by molar-refractivity contribution is -0.301. The maximum absolute atomic E-state index is 14.6. The fraction of sp³-hybridized carbons (Fsp3) is 0.750. The summed E-state index contributed by atoms with van der Waals surface area (Å²) in [6, 6.07) is 20.9. The van der Waals surface area contributed by atoms with Crippen LogP contribution in [0.25, 0.3) is 0 Å². The first-order valence-corrected chi connectivity index (χ1v) is 34.4. The van der Waals surface area contributed by atoms with E-state index in [-0.39, 0.29) is 80.8 Å². The van der Waals surface area contributed by atoms with Crippen molar-refractivity contribution in [3.8, 4) is 0 Å². The number of ether oxygens (including phenoxy) is 6. The van der Waals surface area contributed by atoms with E-state index in [9.17, 15) is 35.1 Å². The van der Waals surface area contributed by atoms with Gasteiger partial charge in [0, 0.05) is 38.5 Å². The summed E-state index contributed by atoms with van der Waals surface area (Å²) >= 11 is 0. The van der Waals surface area contributed by atoms with Gasteiger partial charge in [0.1, 0.15) is 53.7 Å². The number of amides is 1. The van der Waals surface area contributed by atoms with Crippen LogP contribution in [0.2, 0.25) is 0 Å². The molecule has 0 spiro atoms. The van der Waals surface area contributed by atoms with Gasteiger partial charge in [0.25, 0.3) is 0 Å². The zero-order valence-corrected chi connectivity index (χ0v) is 57.0. The Kier molecular flexibility index (Phi) is 28.7. The molecule has 3 aliphatic heterocycles. The molecule has 0 bridgehead atoms. The molecule has 1 aromatic heterocycles. The quantitative estimate of drug-likeness (QED) is 0.0450. The predicted molar refractivity (Wildman–Crippen MR) is 340 cm³/mol. The first-order chi connectivity index (χ1) is 40.6. The Balaban J connectivity index is 0.0000138. The van der Waals surface area contributed by atoms with Crippen molar-refractivity contribution in [3.05, 3.63) is 73.1 Å². The standard InChI is InChI=1S/C68H112N4O13P.ClH/c1-16-56-61(76)59(74)49(6)71(57(73)36-30-22-20-18-17-19-21-23-31-37-86(51-32-26-24-27-33-51,52-34-28-25-29-35-52)53-41-69-72(43-53)66(8,9)10)42-45(2)39-67(11,79)54(44-81-65-60(75)55(70(13)14)38-46(3)82-65)47(4)62(48(5)64(78)84-56)85-58-40-68(12,80-15)63(77)50(7)83-58;/h24-29,32-35,41,43,45-50,54-56,58-63,65,74-77,79H,16-23,30-31,36-40,42,44H2,1-15H3;1H/q+1;/p-1/t45-,46-,47-,48-,49-,50+,54-,55+,56-,58+,59-,60-,61-,62+,63+,65-,67-,68-;/m1./s1. The van der Waals surface area contributed by atoms with Crippen molar-refractivity contribution in [2.45, 2.75) is 263 Å². The van der Waals surface area contributed by atoms with Crippen molar-refractivity contribution in [2.24, 2.45) is 23.7 Å². The fourth-order valence-electron chi connectivity index (χ4n) is 13.8. The summed E-state index contributed by atoms with van der Waals surface area (Å²) in [5, 5.41) is 68.6. The molecule has 4 heterocycles. The van der Waals surface area contributed by atoms with Gasteiger partial charge in [-0.3, -0.25) is 14.3 Å². The summed E-state index contributed by atoms with van der Waals surface area (Å²) in [6.45, 7) is 22.8. The SMILES string of the molecule is CC[C@H]1OC(=O)[C@H](C)[C@@H](O[C@H]2C[C@@](C)(OC)[C@@H](O)[C@H](C)O2)[C@H](C)[C@@H](CO[C@@H]2O[C@H](C)C[C@H](N(C)C)[C@H]2O)[C@](C)(O)C[C@@H](C)CN(C(=O)CCCCCCCCCCC[P+](c2ccccc2)(c2ccccc2)c2cnn(C(C)(C)C)c2)[C@H](C)[C@@H](O)[C@@H]1O.[Cl-]. The van der Waals surface area contributed by atoms with E-state index in [4.69, 9.17) is 33.5 Å². The van der Waals surface area contributed by atoms with Gasteiger partial charge in [-0.2, -0.15) is 5.10 Å². The predicted octanol–water partition coefficient (Wildman–Crippen LogP) is 5.51. The zero-order chi connectivity index (χ0) is 63.3. The molecule has 0 unspecified atom stereocenters. The van der Waals surface area contributed by atoms with Crippen molar-refractivity contribution < 1.29 is 75.9 Å². The number of likely N-dealkylation sites (N-methyl/N-ethyl adjacent to an activating group) is 1. The molecule has 1 amide bonds. The molecule has 18 atom stereocenters. The molecular formula is C68H112ClN4O13P. The van der Waals surface area contributed by atoms with Gasteiger partial charge in [-0.15, -0.1) is 0 Å². The number of esters is 1. The highest BCUT2D eigenvalue weighted by atomic mass is 35.5. The topological polar surface area (TPSA) is 215 Å². The highest BCUT2D eigenvalue weighted by molar-refractivity contribution is 7.95. The number of hydrogen-bond donors (Lipinski definition) is 5. The average molecular weight is 1260 g/mol. The second kappa shape index (κ2) is 33.4. The molecular weight excluding hydrogens is 1150 g/mol. The molecule has 3 saturated heterocycles. The van der Waals surface area contributed by atoms with Gasteiger partial charge < -0.3 is 76.2 Å². The second-order valence-corrected chi connectivity index (χ2v) is 31.1. The Bertz CT molecular complexity index is 2470. The van der Waals surface area contributed by atoms with Crippen LogP contribution >= 0.6 is 7.26 Å². The largest absolute Gasteiger partial charge is 1.00 e. The van der Waals surface area contributed by atoms with Crippen molar-refractivity contribution in [3.63, 3.8) is 0 Å². The minimum atomic E-state index is -1.98. The Morgan fingerprint density at radius 2 is 1.38 bits per heavy atom. The molecule has 3 fully saturated rings. The molecule has 6 rings (SSSR count). The summed E-state index contributed by atoms with van der Waals surface area (Å²) in [7, 11) is 3.34. The van der Waals surface area contributed by atoms with Crippen LogP contribution in [0.5, 0.6) is 0 Å². The van der Waals surface area contributed by atoms with Gasteiger partial charge in [0.15, 0.2) is 12.6 Å². The van der Waals surface area contributed by atoms with Crippen LogP contribution in [0, 0.1) is 23.7 Å². The molecule has 17 nitrogen and oxygen atoms in total. The highest BCUT2D eigenvalue weighted by Crippen LogP contribution is 2.56. The third-order valence-electron chi connectivity index (χ3n) is 19.3. The number of cyclic esters (lactones) is 1. The van der Waals surface area contributed by atoms with Crippen LogP contribution in [0.1, 0.15) is 173 Å². The monoisotopic (exact) mass is 1260 g/mol. The van der Waals surface area contributed by atoms with Crippen molar-refractivity contribution in [1.29, 1.82) is 0 Å². The minimum Gasteiger partial charge on any atom is -1.00 e. The Labute approximate surface area is 528 Å². The number of hydrogen-bond acceptors (Lipinski definition) is 15. The summed E-state index contributed by atoms with van der Waals surface area (Å²) in [5.74, 6) is -3.71. The lowest BCUT2D eigenvalue weighted by Gasteiger charge is -2.47. The normalized spacial score (nSPS) is 33.5. The minimum absolute atomic E-state index is 0. The van der Waals surface area contributed by atoms with Crippen LogP contribution in [0.15, 0.2) is 73.1 Å². The van der Waals surface area contributed by atoms with Gasteiger partial charge in [0.05, 0.1) is 72.2 Å². The van der Waals surface area contributed by atoms with E-state index >= 15 is 0 Å². The van der Waals surface area contributed by atoms with Crippen molar-refractivity contribution in [2.75, 3.05) is 40.5 Å². The van der Waals surface area contributed by atoms with Crippen molar-refractivity contribution >= 4 is 35.1 Å². The van der Waals surface area contributed by atoms with Crippen LogP contribution in [-0.2, 0) is 43.5 Å². The molecule has 3 aliphatic rings. The zero-order valence-electron chi connectivity index (χ0n) is 55.3. The first-order valence-electron chi connectivity index (χ1n) is 32.4. The second-order valence-electron chi connectivity index (χ2n) is 27.5. The highest BCUT2D eigenvalue weighted by Gasteiger charge is 2.51. The fourth-order valence-corrected chi connectivity index (χ4v) is 18.1.